The minimum absolute atomic E-state index is 0.0791. The fourth-order valence-corrected chi connectivity index (χ4v) is 7.81. The van der Waals surface area contributed by atoms with Gasteiger partial charge in [0.2, 0.25) is 5.75 Å². The minimum atomic E-state index is -0.571. The van der Waals surface area contributed by atoms with Crippen LogP contribution in [0.25, 0.3) is 0 Å². The van der Waals surface area contributed by atoms with Gasteiger partial charge in [-0.3, -0.25) is 14.8 Å². The van der Waals surface area contributed by atoms with E-state index in [0.717, 1.165) is 60.4 Å². The number of ether oxygens (including phenoxy) is 6. The summed E-state index contributed by atoms with van der Waals surface area (Å²) in [5.41, 5.74) is 6.87. The largest absolute Gasteiger partial charge is 0.493 e. The van der Waals surface area contributed by atoms with E-state index in [0.29, 0.717) is 46.5 Å². The SMILES string of the molecule is COc1ccc2cc1Oc1ccc(cc1)CC1c3cc(c(OC)cc3CCN1C)Oc1c(OC(=O)c3cccnc3)c(OC)cc3c1C(C2)N(C)CC3. The number of carbonyl (C=O) groups excluding carboxylic acids is 1. The van der Waals surface area contributed by atoms with E-state index >= 15 is 0 Å². The molecule has 0 aliphatic carbocycles. The molecule has 4 aromatic carbocycles. The van der Waals surface area contributed by atoms with Crippen LogP contribution >= 0.6 is 0 Å². The predicted molar refractivity (Wildman–Crippen MR) is 200 cm³/mol. The number of nitrogens with zero attached hydrogens (tertiary/aromatic N) is 3. The van der Waals surface area contributed by atoms with Crippen LogP contribution < -0.4 is 28.4 Å². The van der Waals surface area contributed by atoms with Crippen molar-refractivity contribution in [1.82, 2.24) is 14.8 Å². The molecule has 2 atom stereocenters. The topological polar surface area (TPSA) is 91.8 Å². The third kappa shape index (κ3) is 6.64. The molecule has 0 N–H and O–H groups in total. The second-order valence-electron chi connectivity index (χ2n) is 13.9. The lowest BCUT2D eigenvalue weighted by Crippen LogP contribution is -2.34. The highest BCUT2D eigenvalue weighted by Crippen LogP contribution is 2.52. The third-order valence-corrected chi connectivity index (χ3v) is 10.7. The summed E-state index contributed by atoms with van der Waals surface area (Å²) in [4.78, 5) is 22.6. The number of hydrogen-bond donors (Lipinski definition) is 0. The fraction of sp³-hybridized carbons (Fsp3) is 0.302. The zero-order valence-corrected chi connectivity index (χ0v) is 30.7. The van der Waals surface area contributed by atoms with E-state index in [9.17, 15) is 4.79 Å². The van der Waals surface area contributed by atoms with Gasteiger partial charge in [0.05, 0.1) is 26.9 Å². The summed E-state index contributed by atoms with van der Waals surface area (Å²) in [5, 5.41) is 0. The molecule has 4 aliphatic rings. The Labute approximate surface area is 309 Å². The standard InChI is InChI=1S/C43H43N3O7/c1-45-17-14-28-22-36(49-4)38-24-32(28)33(45)19-26-8-11-31(12-9-26)51-37-21-27(10-13-35(37)48-3)20-34-40-29(15-18-46(34)2)23-39(50-5)41(42(40)52-38)53-43(47)30-7-6-16-44-25-30/h6-13,16,21-25,33-34H,14-15,17-20H2,1-5H3. The molecule has 1 aromatic heterocycles. The second-order valence-corrected chi connectivity index (χ2v) is 13.9. The molecule has 0 saturated heterocycles. The number of carbonyl (C=O) groups is 1. The second kappa shape index (κ2) is 14.4. The molecular weight excluding hydrogens is 670 g/mol. The van der Waals surface area contributed by atoms with E-state index in [1.54, 1.807) is 39.7 Å². The van der Waals surface area contributed by atoms with Gasteiger partial charge < -0.3 is 28.4 Å². The van der Waals surface area contributed by atoms with Crippen molar-refractivity contribution < 1.29 is 33.2 Å². The Kier molecular flexibility index (Phi) is 9.40. The number of likely N-dealkylation sites (N-methyl/N-ethyl adjacent to an activating group) is 2. The van der Waals surface area contributed by atoms with Gasteiger partial charge in [-0.2, -0.15) is 0 Å². The van der Waals surface area contributed by atoms with Gasteiger partial charge in [0, 0.05) is 43.1 Å². The Morgan fingerprint density at radius 1 is 0.736 bits per heavy atom. The van der Waals surface area contributed by atoms with Crippen molar-refractivity contribution in [2.24, 2.45) is 0 Å². The Hall–Kier alpha value is -5.58. The number of rotatable bonds is 5. The van der Waals surface area contributed by atoms with Crippen LogP contribution in [-0.2, 0) is 25.7 Å². The van der Waals surface area contributed by atoms with Crippen LogP contribution in [-0.4, -0.2) is 69.3 Å². The molecule has 53 heavy (non-hydrogen) atoms. The van der Waals surface area contributed by atoms with E-state index < -0.39 is 5.97 Å². The number of methoxy groups -OCH3 is 3. The molecule has 10 heteroatoms. The number of fused-ring (bicyclic) bond motifs is 2. The molecule has 10 nitrogen and oxygen atoms in total. The Bertz CT molecular complexity index is 2150. The van der Waals surface area contributed by atoms with Crippen LogP contribution in [0.2, 0.25) is 0 Å². The number of benzene rings is 4. The van der Waals surface area contributed by atoms with Crippen molar-refractivity contribution in [2.75, 3.05) is 48.5 Å². The van der Waals surface area contributed by atoms with E-state index in [1.165, 1.54) is 17.3 Å². The van der Waals surface area contributed by atoms with Gasteiger partial charge in [-0.25, -0.2) is 4.79 Å². The van der Waals surface area contributed by atoms with Gasteiger partial charge in [-0.1, -0.05) is 18.2 Å². The summed E-state index contributed by atoms with van der Waals surface area (Å²) in [6.07, 6.45) is 6.11. The molecule has 6 bridgehead atoms. The summed E-state index contributed by atoms with van der Waals surface area (Å²) >= 11 is 0. The molecular formula is C43H43N3O7. The molecule has 4 aliphatic heterocycles. The van der Waals surface area contributed by atoms with Gasteiger partial charge in [-0.05, 0) is 122 Å². The van der Waals surface area contributed by atoms with Gasteiger partial charge in [0.25, 0.3) is 0 Å². The third-order valence-electron chi connectivity index (χ3n) is 10.7. The molecule has 0 amide bonds. The number of esters is 1. The average Bonchev–Trinajstić information content (AvgIpc) is 3.18. The maximum absolute atomic E-state index is 13.7. The molecule has 0 fully saturated rings. The summed E-state index contributed by atoms with van der Waals surface area (Å²) in [6, 6.07) is 23.8. The maximum Gasteiger partial charge on any atom is 0.345 e. The molecule has 0 spiro atoms. The highest BCUT2D eigenvalue weighted by molar-refractivity contribution is 5.91. The zero-order valence-electron chi connectivity index (χ0n) is 30.7. The first-order valence-corrected chi connectivity index (χ1v) is 17.9. The Morgan fingerprint density at radius 2 is 1.42 bits per heavy atom. The fourth-order valence-electron chi connectivity index (χ4n) is 7.81. The summed E-state index contributed by atoms with van der Waals surface area (Å²) in [5.74, 6) is 3.58. The quantitative estimate of drug-likeness (QED) is 0.133. The van der Waals surface area contributed by atoms with Gasteiger partial charge in [0.1, 0.15) is 5.75 Å². The molecule has 272 valence electrons. The first-order chi connectivity index (χ1) is 25.8. The van der Waals surface area contributed by atoms with Crippen LogP contribution in [0.3, 0.4) is 0 Å². The summed E-state index contributed by atoms with van der Waals surface area (Å²) in [7, 11) is 9.16. The first-order valence-electron chi connectivity index (χ1n) is 17.9. The smallest absolute Gasteiger partial charge is 0.345 e. The van der Waals surface area contributed by atoms with E-state index in [4.69, 9.17) is 28.4 Å². The highest BCUT2D eigenvalue weighted by atomic mass is 16.6. The number of pyridine rings is 1. The predicted octanol–water partition coefficient (Wildman–Crippen LogP) is 7.77. The lowest BCUT2D eigenvalue weighted by Gasteiger charge is -2.37. The molecule has 5 heterocycles. The van der Waals surface area contributed by atoms with Crippen LogP contribution in [0.4, 0.5) is 0 Å². The molecule has 9 rings (SSSR count). The van der Waals surface area contributed by atoms with E-state index in [1.807, 2.05) is 30.3 Å². The van der Waals surface area contributed by atoms with Gasteiger partial charge in [0.15, 0.2) is 34.5 Å². The normalized spacial score (nSPS) is 18.1. The van der Waals surface area contributed by atoms with Crippen molar-refractivity contribution in [2.45, 2.75) is 37.8 Å². The van der Waals surface area contributed by atoms with Crippen LogP contribution in [0.1, 0.15) is 55.8 Å². The van der Waals surface area contributed by atoms with Crippen molar-refractivity contribution in [1.29, 1.82) is 0 Å². The Morgan fingerprint density at radius 3 is 2.15 bits per heavy atom. The lowest BCUT2D eigenvalue weighted by atomic mass is 9.87. The first kappa shape index (κ1) is 34.5. The van der Waals surface area contributed by atoms with E-state index in [2.05, 4.69) is 59.2 Å². The van der Waals surface area contributed by atoms with Crippen LogP contribution in [0.5, 0.6) is 46.0 Å². The molecule has 0 radical (unpaired) electrons. The van der Waals surface area contributed by atoms with E-state index in [-0.39, 0.29) is 17.8 Å². The average molecular weight is 714 g/mol. The minimum Gasteiger partial charge on any atom is -0.493 e. The summed E-state index contributed by atoms with van der Waals surface area (Å²) < 4.78 is 37.5. The molecule has 5 aromatic rings. The Balaban J connectivity index is 1.36. The number of aromatic nitrogens is 1. The van der Waals surface area contributed by atoms with Gasteiger partial charge >= 0.3 is 5.97 Å². The van der Waals surface area contributed by atoms with Crippen LogP contribution in [0.15, 0.2) is 85.2 Å². The maximum atomic E-state index is 13.7. The summed E-state index contributed by atoms with van der Waals surface area (Å²) in [6.45, 7) is 1.71. The lowest BCUT2D eigenvalue weighted by molar-refractivity contribution is 0.0723. The molecule has 0 saturated carbocycles. The van der Waals surface area contributed by atoms with Crippen molar-refractivity contribution in [3.05, 3.63) is 124 Å². The highest BCUT2D eigenvalue weighted by Gasteiger charge is 2.35. The zero-order chi connectivity index (χ0) is 36.6. The number of hydrogen-bond acceptors (Lipinski definition) is 10. The van der Waals surface area contributed by atoms with Crippen LogP contribution in [0, 0.1) is 0 Å². The monoisotopic (exact) mass is 713 g/mol. The van der Waals surface area contributed by atoms with Crippen molar-refractivity contribution >= 4 is 5.97 Å². The van der Waals surface area contributed by atoms with Crippen molar-refractivity contribution in [3.63, 3.8) is 0 Å². The van der Waals surface area contributed by atoms with Crippen molar-refractivity contribution in [3.8, 4) is 46.0 Å². The van der Waals surface area contributed by atoms with Gasteiger partial charge in [-0.15, -0.1) is 0 Å². The molecule has 2 unspecified atom stereocenters.